The predicted molar refractivity (Wildman–Crippen MR) is 64.9 cm³/mol. The van der Waals surface area contributed by atoms with Crippen LogP contribution >= 0.6 is 0 Å². The van der Waals surface area contributed by atoms with Crippen LogP contribution < -0.4 is 0 Å². The zero-order valence-electron chi connectivity index (χ0n) is 9.53. The van der Waals surface area contributed by atoms with Gasteiger partial charge < -0.3 is 0 Å². The van der Waals surface area contributed by atoms with Gasteiger partial charge in [-0.05, 0) is 19.1 Å². The van der Waals surface area contributed by atoms with E-state index >= 15 is 0 Å². The molecule has 0 atom stereocenters. The van der Waals surface area contributed by atoms with Gasteiger partial charge in [0.05, 0.1) is 16.4 Å². The standard InChI is InChI=1S/C10H12O6S2/c1-8(11)9-3-2-4-10(7-9)17(12,13)5-6-18(14,15)16/h2-4,7H,5-6H2,1H3,(H,14,15,16). The van der Waals surface area contributed by atoms with Crippen LogP contribution in [0, 0.1) is 0 Å². The third-order valence-corrected chi connectivity index (χ3v) is 4.90. The second-order valence-corrected chi connectivity index (χ2v) is 7.37. The largest absolute Gasteiger partial charge is 0.295 e. The van der Waals surface area contributed by atoms with Crippen LogP contribution in [0.2, 0.25) is 0 Å². The highest BCUT2D eigenvalue weighted by Crippen LogP contribution is 2.14. The van der Waals surface area contributed by atoms with E-state index in [1.165, 1.54) is 31.2 Å². The Bertz CT molecular complexity index is 657. The molecule has 18 heavy (non-hydrogen) atoms. The Hall–Kier alpha value is -1.25. The zero-order chi connectivity index (χ0) is 14.0. The fourth-order valence-electron chi connectivity index (χ4n) is 1.24. The first-order valence-corrected chi connectivity index (χ1v) is 8.17. The van der Waals surface area contributed by atoms with Crippen LogP contribution in [-0.2, 0) is 20.0 Å². The van der Waals surface area contributed by atoms with E-state index in [-0.39, 0.29) is 16.2 Å². The lowest BCUT2D eigenvalue weighted by Crippen LogP contribution is -2.17. The van der Waals surface area contributed by atoms with Crippen molar-refractivity contribution in [1.29, 1.82) is 0 Å². The van der Waals surface area contributed by atoms with Crippen molar-refractivity contribution in [3.05, 3.63) is 29.8 Å². The first kappa shape index (κ1) is 14.8. The lowest BCUT2D eigenvalue weighted by atomic mass is 10.2. The highest BCUT2D eigenvalue weighted by Gasteiger charge is 2.19. The third kappa shape index (κ3) is 4.21. The minimum absolute atomic E-state index is 0.140. The first-order valence-electron chi connectivity index (χ1n) is 4.91. The average Bonchev–Trinajstić information content (AvgIpc) is 2.26. The molecule has 1 aromatic carbocycles. The van der Waals surface area contributed by atoms with Crippen LogP contribution in [-0.4, -0.2) is 38.7 Å². The third-order valence-electron chi connectivity index (χ3n) is 2.21. The van der Waals surface area contributed by atoms with Crippen molar-refractivity contribution < 1.29 is 26.2 Å². The van der Waals surface area contributed by atoms with E-state index in [1.807, 2.05) is 0 Å². The van der Waals surface area contributed by atoms with Gasteiger partial charge in [-0.2, -0.15) is 8.42 Å². The number of carbonyl (C=O) groups is 1. The van der Waals surface area contributed by atoms with Crippen molar-refractivity contribution in [2.75, 3.05) is 11.5 Å². The molecule has 0 fully saturated rings. The van der Waals surface area contributed by atoms with Gasteiger partial charge in [0, 0.05) is 5.56 Å². The molecule has 0 amide bonds. The maximum absolute atomic E-state index is 11.8. The fourth-order valence-corrected chi connectivity index (χ4v) is 3.79. The average molecular weight is 292 g/mol. The smallest absolute Gasteiger partial charge is 0.265 e. The minimum Gasteiger partial charge on any atom is -0.295 e. The van der Waals surface area contributed by atoms with Crippen molar-refractivity contribution in [1.82, 2.24) is 0 Å². The zero-order valence-corrected chi connectivity index (χ0v) is 11.2. The van der Waals surface area contributed by atoms with Crippen molar-refractivity contribution >= 4 is 25.7 Å². The van der Waals surface area contributed by atoms with Gasteiger partial charge in [0.2, 0.25) is 0 Å². The second-order valence-electron chi connectivity index (χ2n) is 3.69. The number of rotatable bonds is 5. The molecule has 0 aliphatic carbocycles. The molecule has 0 bridgehead atoms. The maximum atomic E-state index is 11.8. The summed E-state index contributed by atoms with van der Waals surface area (Å²) in [6.45, 7) is 1.30. The van der Waals surface area contributed by atoms with E-state index in [4.69, 9.17) is 4.55 Å². The summed E-state index contributed by atoms with van der Waals surface area (Å²) in [4.78, 5) is 11.0. The SMILES string of the molecule is CC(=O)c1cccc(S(=O)(=O)CCS(=O)(=O)O)c1. The number of Topliss-reactive ketones (excluding diaryl/α,β-unsaturated/α-hetero) is 1. The predicted octanol–water partition coefficient (Wildman–Crippen LogP) is 0.551. The molecule has 0 aromatic heterocycles. The number of sulfone groups is 1. The quantitative estimate of drug-likeness (QED) is 0.627. The molecule has 0 heterocycles. The summed E-state index contributed by atoms with van der Waals surface area (Å²) < 4.78 is 53.1. The summed E-state index contributed by atoms with van der Waals surface area (Å²) >= 11 is 0. The Kier molecular flexibility index (Phi) is 4.25. The Morgan fingerprint density at radius 2 is 1.78 bits per heavy atom. The van der Waals surface area contributed by atoms with Crippen LogP contribution in [0.4, 0.5) is 0 Å². The van der Waals surface area contributed by atoms with Gasteiger partial charge in [0.15, 0.2) is 15.6 Å². The summed E-state index contributed by atoms with van der Waals surface area (Å²) in [5.41, 5.74) is 0.225. The van der Waals surface area contributed by atoms with Gasteiger partial charge in [0.25, 0.3) is 10.1 Å². The van der Waals surface area contributed by atoms with E-state index in [0.717, 1.165) is 0 Å². The number of hydrogen-bond donors (Lipinski definition) is 1. The van der Waals surface area contributed by atoms with Crippen LogP contribution in [0.1, 0.15) is 17.3 Å². The summed E-state index contributed by atoms with van der Waals surface area (Å²) in [6.07, 6.45) is 0. The molecule has 0 radical (unpaired) electrons. The normalized spacial score (nSPS) is 12.3. The van der Waals surface area contributed by atoms with Crippen LogP contribution in [0.3, 0.4) is 0 Å². The topological polar surface area (TPSA) is 106 Å². The van der Waals surface area contributed by atoms with Crippen molar-refractivity contribution in [2.24, 2.45) is 0 Å². The molecule has 0 saturated carbocycles. The van der Waals surface area contributed by atoms with Crippen LogP contribution in [0.5, 0.6) is 0 Å². The molecule has 0 unspecified atom stereocenters. The Balaban J connectivity index is 3.06. The maximum Gasteiger partial charge on any atom is 0.265 e. The van der Waals surface area contributed by atoms with Gasteiger partial charge >= 0.3 is 0 Å². The van der Waals surface area contributed by atoms with Gasteiger partial charge in [-0.1, -0.05) is 12.1 Å². The molecular formula is C10H12O6S2. The van der Waals surface area contributed by atoms with E-state index in [2.05, 4.69) is 0 Å². The van der Waals surface area contributed by atoms with E-state index in [9.17, 15) is 21.6 Å². The molecule has 0 aliphatic heterocycles. The van der Waals surface area contributed by atoms with Crippen LogP contribution in [0.15, 0.2) is 29.2 Å². The molecule has 0 aliphatic rings. The summed E-state index contributed by atoms with van der Waals surface area (Å²) in [7, 11) is -8.18. The van der Waals surface area contributed by atoms with Gasteiger partial charge in [0.1, 0.15) is 0 Å². The number of benzene rings is 1. The number of hydrogen-bond acceptors (Lipinski definition) is 5. The van der Waals surface area contributed by atoms with Crippen LogP contribution in [0.25, 0.3) is 0 Å². The lowest BCUT2D eigenvalue weighted by Gasteiger charge is -2.04. The molecule has 1 rings (SSSR count). The molecular weight excluding hydrogens is 280 g/mol. The highest BCUT2D eigenvalue weighted by atomic mass is 32.2. The Morgan fingerprint density at radius 3 is 2.28 bits per heavy atom. The summed E-state index contributed by atoms with van der Waals surface area (Å²) in [5.74, 6) is -1.89. The molecule has 100 valence electrons. The van der Waals surface area contributed by atoms with Gasteiger partial charge in [-0.3, -0.25) is 9.35 Å². The van der Waals surface area contributed by atoms with Crippen molar-refractivity contribution in [3.63, 3.8) is 0 Å². The lowest BCUT2D eigenvalue weighted by molar-refractivity contribution is 0.101. The monoisotopic (exact) mass is 292 g/mol. The number of ketones is 1. The van der Waals surface area contributed by atoms with Crippen molar-refractivity contribution in [2.45, 2.75) is 11.8 Å². The minimum atomic E-state index is -4.34. The van der Waals surface area contributed by atoms with E-state index < -0.39 is 31.5 Å². The van der Waals surface area contributed by atoms with E-state index in [0.29, 0.717) is 0 Å². The second kappa shape index (κ2) is 5.17. The first-order chi connectivity index (χ1) is 8.12. The molecule has 6 nitrogen and oxygen atoms in total. The molecule has 1 N–H and O–H groups in total. The number of carbonyl (C=O) groups excluding carboxylic acids is 1. The molecule has 8 heteroatoms. The molecule has 0 saturated heterocycles. The van der Waals surface area contributed by atoms with Gasteiger partial charge in [-0.15, -0.1) is 0 Å². The Labute approximate surface area is 105 Å². The Morgan fingerprint density at radius 1 is 1.17 bits per heavy atom. The fraction of sp³-hybridized carbons (Fsp3) is 0.300. The van der Waals surface area contributed by atoms with Gasteiger partial charge in [-0.25, -0.2) is 8.42 Å². The van der Waals surface area contributed by atoms with E-state index in [1.54, 1.807) is 0 Å². The summed E-state index contributed by atoms with van der Waals surface area (Å²) in [6, 6.07) is 5.31. The highest BCUT2D eigenvalue weighted by molar-refractivity contribution is 7.93. The summed E-state index contributed by atoms with van der Waals surface area (Å²) in [5, 5.41) is 0. The molecule has 1 aromatic rings. The molecule has 0 spiro atoms. The van der Waals surface area contributed by atoms with Crippen molar-refractivity contribution in [3.8, 4) is 0 Å².